The van der Waals surface area contributed by atoms with E-state index in [4.69, 9.17) is 0 Å². The monoisotopic (exact) mass is 312 g/mol. The van der Waals surface area contributed by atoms with Gasteiger partial charge in [-0.25, -0.2) is 9.59 Å². The number of likely N-dealkylation sites (tertiary alicyclic amines) is 1. The fourth-order valence-corrected chi connectivity index (χ4v) is 5.30. The lowest BCUT2D eigenvalue weighted by molar-refractivity contribution is -0.141. The molecule has 1 saturated carbocycles. The Hall–Kier alpha value is -0.910. The van der Waals surface area contributed by atoms with Crippen LogP contribution in [0.5, 0.6) is 0 Å². The first-order valence-corrected chi connectivity index (χ1v) is 9.08. The highest BCUT2D eigenvalue weighted by Gasteiger charge is 2.44. The minimum Gasteiger partial charge on any atom is -0.480 e. The second-order valence-corrected chi connectivity index (χ2v) is 7.77. The average molecular weight is 312 g/mol. The summed E-state index contributed by atoms with van der Waals surface area (Å²) in [6, 6.07) is -0.370. The maximum absolute atomic E-state index is 13.0. The Balaban J connectivity index is 1.78. The summed E-state index contributed by atoms with van der Waals surface area (Å²) >= 11 is 1.56. The molecule has 2 saturated heterocycles. The van der Waals surface area contributed by atoms with Crippen LogP contribution in [0.2, 0.25) is 0 Å². The third kappa shape index (κ3) is 2.74. The number of rotatable bonds is 1. The minimum absolute atomic E-state index is 0.0393. The molecule has 2 aliphatic heterocycles. The highest BCUT2D eigenvalue weighted by atomic mass is 32.2. The second-order valence-electron chi connectivity index (χ2n) is 6.42. The minimum atomic E-state index is -0.877. The zero-order valence-corrected chi connectivity index (χ0v) is 13.3. The Bertz CT molecular complexity index is 429. The fraction of sp³-hybridized carbons (Fsp3) is 0.867. The summed E-state index contributed by atoms with van der Waals surface area (Å²) in [6.45, 7) is 2.73. The lowest BCUT2D eigenvalue weighted by Gasteiger charge is -2.46. The predicted octanol–water partition coefficient (Wildman–Crippen LogP) is 2.61. The number of nitrogens with zero attached hydrogens (tertiary/aromatic N) is 2. The summed E-state index contributed by atoms with van der Waals surface area (Å²) < 4.78 is 0. The molecule has 3 rings (SSSR count). The molecule has 118 valence electrons. The third-order valence-electron chi connectivity index (χ3n) is 5.22. The highest BCUT2D eigenvalue weighted by molar-refractivity contribution is 8.00. The first-order chi connectivity index (χ1) is 10.1. The van der Waals surface area contributed by atoms with E-state index in [0.717, 1.165) is 19.4 Å². The highest BCUT2D eigenvalue weighted by Crippen LogP contribution is 2.37. The van der Waals surface area contributed by atoms with E-state index in [9.17, 15) is 14.7 Å². The van der Waals surface area contributed by atoms with Crippen molar-refractivity contribution in [2.45, 2.75) is 62.9 Å². The van der Waals surface area contributed by atoms with Crippen molar-refractivity contribution >= 4 is 23.8 Å². The molecule has 21 heavy (non-hydrogen) atoms. The molecule has 1 aliphatic carbocycles. The number of fused-ring (bicyclic) bond motifs is 1. The Morgan fingerprint density at radius 1 is 1.14 bits per heavy atom. The molecule has 3 fully saturated rings. The van der Waals surface area contributed by atoms with Crippen molar-refractivity contribution in [3.63, 3.8) is 0 Å². The normalized spacial score (nSPS) is 36.4. The fourth-order valence-electron chi connectivity index (χ4n) is 4.13. The number of carboxylic acids is 1. The van der Waals surface area contributed by atoms with Crippen molar-refractivity contribution < 1.29 is 14.7 Å². The van der Waals surface area contributed by atoms with Crippen LogP contribution in [0, 0.1) is 5.92 Å². The van der Waals surface area contributed by atoms with E-state index in [1.807, 2.05) is 11.8 Å². The summed E-state index contributed by atoms with van der Waals surface area (Å²) in [6.07, 6.45) is 7.06. The van der Waals surface area contributed by atoms with Crippen LogP contribution in [0.3, 0.4) is 0 Å². The summed E-state index contributed by atoms with van der Waals surface area (Å²) in [5, 5.41) is 9.32. The van der Waals surface area contributed by atoms with Crippen LogP contribution in [0.4, 0.5) is 4.79 Å². The van der Waals surface area contributed by atoms with Gasteiger partial charge in [0.25, 0.3) is 0 Å². The number of carbonyl (C=O) groups is 2. The van der Waals surface area contributed by atoms with Crippen molar-refractivity contribution in [3.8, 4) is 0 Å². The van der Waals surface area contributed by atoms with E-state index in [0.29, 0.717) is 17.7 Å². The molecule has 0 aromatic carbocycles. The van der Waals surface area contributed by atoms with E-state index < -0.39 is 12.0 Å². The van der Waals surface area contributed by atoms with Gasteiger partial charge < -0.3 is 10.0 Å². The van der Waals surface area contributed by atoms with Crippen molar-refractivity contribution in [1.82, 2.24) is 9.80 Å². The van der Waals surface area contributed by atoms with Crippen LogP contribution in [-0.4, -0.2) is 56.7 Å². The molecule has 1 N–H and O–H groups in total. The van der Waals surface area contributed by atoms with Gasteiger partial charge in [0.15, 0.2) is 0 Å². The van der Waals surface area contributed by atoms with Gasteiger partial charge in [0.1, 0.15) is 6.04 Å². The maximum atomic E-state index is 13.0. The van der Waals surface area contributed by atoms with Crippen LogP contribution < -0.4 is 0 Å². The van der Waals surface area contributed by atoms with Crippen molar-refractivity contribution in [1.29, 1.82) is 0 Å². The maximum Gasteiger partial charge on any atom is 0.327 e. The molecule has 4 atom stereocenters. The largest absolute Gasteiger partial charge is 0.480 e. The van der Waals surface area contributed by atoms with Gasteiger partial charge in [-0.05, 0) is 38.5 Å². The number of carboxylic acid groups (broad SMARTS) is 1. The van der Waals surface area contributed by atoms with Crippen LogP contribution in [-0.2, 0) is 4.79 Å². The van der Waals surface area contributed by atoms with Crippen molar-refractivity contribution in [3.05, 3.63) is 0 Å². The van der Waals surface area contributed by atoms with Gasteiger partial charge in [0.2, 0.25) is 0 Å². The lowest BCUT2D eigenvalue weighted by atomic mass is 9.78. The number of thioether (sulfide) groups is 1. The molecule has 5 nitrogen and oxygen atoms in total. The van der Waals surface area contributed by atoms with Gasteiger partial charge in [0.05, 0.1) is 5.37 Å². The van der Waals surface area contributed by atoms with E-state index in [1.165, 1.54) is 25.7 Å². The predicted molar refractivity (Wildman–Crippen MR) is 82.3 cm³/mol. The SMILES string of the molecule is CC1SCC(C(=O)O)N1C(=O)N1CCC[C@H]2CCCC[C@H]21. The van der Waals surface area contributed by atoms with E-state index >= 15 is 0 Å². The second kappa shape index (κ2) is 6.07. The van der Waals surface area contributed by atoms with Crippen LogP contribution in [0.1, 0.15) is 45.4 Å². The standard InChI is InChI=1S/C15H24N2O3S/c1-10-17(13(9-21-10)14(18)19)15(20)16-8-4-6-11-5-2-3-7-12(11)16/h10-13H,2-9H2,1H3,(H,18,19)/t10?,11-,12-,13?/m1/s1. The molecule has 0 aromatic rings. The number of hydrogen-bond acceptors (Lipinski definition) is 3. The molecule has 0 bridgehead atoms. The van der Waals surface area contributed by atoms with Gasteiger partial charge in [-0.1, -0.05) is 12.8 Å². The average Bonchev–Trinajstić information content (AvgIpc) is 2.88. The zero-order valence-electron chi connectivity index (χ0n) is 12.5. The molecular weight excluding hydrogens is 288 g/mol. The molecule has 0 radical (unpaired) electrons. The van der Waals surface area contributed by atoms with E-state index in [1.54, 1.807) is 16.7 Å². The Kier molecular flexibility index (Phi) is 4.33. The Morgan fingerprint density at radius 3 is 2.62 bits per heavy atom. The van der Waals surface area contributed by atoms with Crippen LogP contribution in [0.25, 0.3) is 0 Å². The van der Waals surface area contributed by atoms with Crippen LogP contribution in [0.15, 0.2) is 0 Å². The summed E-state index contributed by atoms with van der Waals surface area (Å²) in [5.74, 6) is 0.257. The molecular formula is C15H24N2O3S. The molecule has 2 heterocycles. The van der Waals surface area contributed by atoms with E-state index in [-0.39, 0.29) is 11.4 Å². The Labute approximate surface area is 130 Å². The number of hydrogen-bond donors (Lipinski definition) is 1. The van der Waals surface area contributed by atoms with Gasteiger partial charge in [0, 0.05) is 18.3 Å². The topological polar surface area (TPSA) is 60.9 Å². The lowest BCUT2D eigenvalue weighted by Crippen LogP contribution is -2.57. The molecule has 3 aliphatic rings. The first-order valence-electron chi connectivity index (χ1n) is 8.03. The smallest absolute Gasteiger partial charge is 0.327 e. The van der Waals surface area contributed by atoms with Crippen LogP contribution >= 0.6 is 11.8 Å². The summed E-state index contributed by atoms with van der Waals surface area (Å²) in [5.41, 5.74) is 0. The van der Waals surface area contributed by atoms with Gasteiger partial charge in [-0.15, -0.1) is 11.8 Å². The number of aliphatic carboxylic acids is 1. The zero-order chi connectivity index (χ0) is 15.0. The van der Waals surface area contributed by atoms with Crippen molar-refractivity contribution in [2.24, 2.45) is 5.92 Å². The van der Waals surface area contributed by atoms with Gasteiger partial charge in [-0.2, -0.15) is 0 Å². The molecule has 0 aromatic heterocycles. The number of carbonyl (C=O) groups excluding carboxylic acids is 1. The number of amides is 2. The molecule has 0 spiro atoms. The summed E-state index contributed by atoms with van der Waals surface area (Å²) in [4.78, 5) is 28.0. The molecule has 2 unspecified atom stereocenters. The number of urea groups is 1. The van der Waals surface area contributed by atoms with Crippen molar-refractivity contribution in [2.75, 3.05) is 12.3 Å². The van der Waals surface area contributed by atoms with Gasteiger partial charge in [-0.3, -0.25) is 4.90 Å². The first kappa shape index (κ1) is 15.0. The number of piperidine rings is 1. The summed E-state index contributed by atoms with van der Waals surface area (Å²) in [7, 11) is 0. The molecule has 6 heteroatoms. The van der Waals surface area contributed by atoms with E-state index in [2.05, 4.69) is 0 Å². The molecule has 2 amide bonds. The third-order valence-corrected chi connectivity index (χ3v) is 6.44. The Morgan fingerprint density at radius 2 is 1.86 bits per heavy atom. The van der Waals surface area contributed by atoms with Gasteiger partial charge >= 0.3 is 12.0 Å². The quantitative estimate of drug-likeness (QED) is 0.808.